The third-order valence-corrected chi connectivity index (χ3v) is 3.36. The molecule has 0 bridgehead atoms. The first-order valence-corrected chi connectivity index (χ1v) is 7.06. The average molecular weight is 279 g/mol. The van der Waals surface area contributed by atoms with Crippen LogP contribution in [0.4, 0.5) is 0 Å². The molecule has 0 saturated heterocycles. The van der Waals surface area contributed by atoms with Crippen LogP contribution in [0.1, 0.15) is 37.6 Å². The molecule has 0 aliphatic carbocycles. The summed E-state index contributed by atoms with van der Waals surface area (Å²) in [4.78, 5) is 13.1. The second kappa shape index (κ2) is 7.90. The van der Waals surface area contributed by atoms with Crippen molar-refractivity contribution in [1.29, 1.82) is 0 Å². The summed E-state index contributed by atoms with van der Waals surface area (Å²) < 4.78 is 5.62. The van der Waals surface area contributed by atoms with Crippen molar-refractivity contribution in [1.82, 2.24) is 4.90 Å². The van der Waals surface area contributed by atoms with Gasteiger partial charge >= 0.3 is 5.97 Å². The number of benzene rings is 1. The smallest absolute Gasteiger partial charge is 0.335 e. The largest absolute Gasteiger partial charge is 0.492 e. The fourth-order valence-electron chi connectivity index (χ4n) is 2.11. The molecule has 0 aromatic heterocycles. The minimum absolute atomic E-state index is 0.254. The van der Waals surface area contributed by atoms with Gasteiger partial charge in [0, 0.05) is 12.6 Å². The molecular weight excluding hydrogens is 254 g/mol. The molecule has 1 aromatic rings. The first-order valence-electron chi connectivity index (χ1n) is 7.06. The maximum Gasteiger partial charge on any atom is 0.335 e. The topological polar surface area (TPSA) is 49.8 Å². The van der Waals surface area contributed by atoms with E-state index in [1.807, 2.05) is 0 Å². The molecule has 1 aromatic carbocycles. The van der Waals surface area contributed by atoms with Gasteiger partial charge in [-0.1, -0.05) is 19.9 Å². The number of likely N-dealkylation sites (N-methyl/N-ethyl adjacent to an activating group) is 1. The standard InChI is InChI=1S/C16H25NO3/c1-12(2)10-13(3)17(4)8-9-20-15-7-5-6-14(11-15)16(18)19/h5-7,11-13H,8-10H2,1-4H3,(H,18,19). The summed E-state index contributed by atoms with van der Waals surface area (Å²) in [5.74, 6) is 0.355. The van der Waals surface area contributed by atoms with Gasteiger partial charge in [-0.25, -0.2) is 4.79 Å². The molecule has 1 atom stereocenters. The highest BCUT2D eigenvalue weighted by molar-refractivity contribution is 5.87. The van der Waals surface area contributed by atoms with Gasteiger partial charge in [-0.05, 0) is 44.5 Å². The number of rotatable bonds is 8. The number of ether oxygens (including phenoxy) is 1. The molecule has 0 fully saturated rings. The molecule has 1 N–H and O–H groups in total. The fraction of sp³-hybridized carbons (Fsp3) is 0.562. The van der Waals surface area contributed by atoms with Crippen molar-refractivity contribution in [2.75, 3.05) is 20.2 Å². The lowest BCUT2D eigenvalue weighted by Gasteiger charge is -2.26. The Morgan fingerprint density at radius 3 is 2.65 bits per heavy atom. The zero-order valence-electron chi connectivity index (χ0n) is 12.8. The van der Waals surface area contributed by atoms with Crippen LogP contribution >= 0.6 is 0 Å². The number of nitrogens with zero attached hydrogens (tertiary/aromatic N) is 1. The Labute approximate surface area is 121 Å². The molecular formula is C16H25NO3. The van der Waals surface area contributed by atoms with E-state index in [4.69, 9.17) is 9.84 Å². The molecule has 1 unspecified atom stereocenters. The molecule has 0 spiro atoms. The Bertz CT molecular complexity index is 431. The Morgan fingerprint density at radius 1 is 1.35 bits per heavy atom. The summed E-state index contributed by atoms with van der Waals surface area (Å²) in [7, 11) is 2.09. The molecule has 0 saturated carbocycles. The van der Waals surface area contributed by atoms with E-state index in [9.17, 15) is 4.79 Å². The van der Waals surface area contributed by atoms with Crippen molar-refractivity contribution >= 4 is 5.97 Å². The third-order valence-electron chi connectivity index (χ3n) is 3.36. The predicted octanol–water partition coefficient (Wildman–Crippen LogP) is 3.13. The Hall–Kier alpha value is -1.55. The minimum Gasteiger partial charge on any atom is -0.492 e. The van der Waals surface area contributed by atoms with Gasteiger partial charge in [0.05, 0.1) is 5.56 Å². The van der Waals surface area contributed by atoms with Crippen LogP contribution in [-0.4, -0.2) is 42.2 Å². The van der Waals surface area contributed by atoms with Crippen LogP contribution in [0.2, 0.25) is 0 Å². The first-order chi connectivity index (χ1) is 9.40. The quantitative estimate of drug-likeness (QED) is 0.794. The maximum absolute atomic E-state index is 10.9. The summed E-state index contributed by atoms with van der Waals surface area (Å²) >= 11 is 0. The van der Waals surface area contributed by atoms with Crippen LogP contribution in [0.15, 0.2) is 24.3 Å². The SMILES string of the molecule is CC(C)CC(C)N(C)CCOc1cccc(C(=O)O)c1. The Balaban J connectivity index is 2.40. The molecule has 1 rings (SSSR count). The molecule has 4 nitrogen and oxygen atoms in total. The predicted molar refractivity (Wildman–Crippen MR) is 80.4 cm³/mol. The summed E-state index contributed by atoms with van der Waals surface area (Å²) in [5, 5.41) is 8.92. The number of aromatic carboxylic acids is 1. The first kappa shape index (κ1) is 16.5. The molecule has 112 valence electrons. The van der Waals surface area contributed by atoms with Crippen LogP contribution < -0.4 is 4.74 Å². The van der Waals surface area contributed by atoms with Crippen molar-refractivity contribution in [3.63, 3.8) is 0 Å². The lowest BCUT2D eigenvalue weighted by atomic mass is 10.0. The number of carboxylic acids is 1. The van der Waals surface area contributed by atoms with Gasteiger partial charge in [-0.15, -0.1) is 0 Å². The Kier molecular flexibility index (Phi) is 6.52. The number of hydrogen-bond donors (Lipinski definition) is 1. The van der Waals surface area contributed by atoms with Crippen molar-refractivity contribution in [2.24, 2.45) is 5.92 Å². The van der Waals surface area contributed by atoms with E-state index in [0.717, 1.165) is 13.0 Å². The number of carboxylic acid groups (broad SMARTS) is 1. The highest BCUT2D eigenvalue weighted by Crippen LogP contribution is 2.14. The van der Waals surface area contributed by atoms with Crippen molar-refractivity contribution < 1.29 is 14.6 Å². The van der Waals surface area contributed by atoms with Crippen LogP contribution in [-0.2, 0) is 0 Å². The van der Waals surface area contributed by atoms with E-state index in [2.05, 4.69) is 32.7 Å². The van der Waals surface area contributed by atoms with E-state index in [0.29, 0.717) is 24.3 Å². The Morgan fingerprint density at radius 2 is 2.05 bits per heavy atom. The van der Waals surface area contributed by atoms with Gasteiger partial charge in [0.25, 0.3) is 0 Å². The van der Waals surface area contributed by atoms with Crippen molar-refractivity contribution in [3.8, 4) is 5.75 Å². The van der Waals surface area contributed by atoms with Gasteiger partial charge in [0.15, 0.2) is 0 Å². The van der Waals surface area contributed by atoms with Gasteiger partial charge in [0.2, 0.25) is 0 Å². The lowest BCUT2D eigenvalue weighted by Crippen LogP contribution is -2.33. The van der Waals surface area contributed by atoms with Crippen molar-refractivity contribution in [2.45, 2.75) is 33.2 Å². The van der Waals surface area contributed by atoms with Crippen LogP contribution in [0.5, 0.6) is 5.75 Å². The van der Waals surface area contributed by atoms with Gasteiger partial charge in [0.1, 0.15) is 12.4 Å². The zero-order chi connectivity index (χ0) is 15.1. The highest BCUT2D eigenvalue weighted by Gasteiger charge is 2.11. The van der Waals surface area contributed by atoms with Crippen LogP contribution in [0, 0.1) is 5.92 Å². The van der Waals surface area contributed by atoms with E-state index < -0.39 is 5.97 Å². The molecule has 20 heavy (non-hydrogen) atoms. The molecule has 0 heterocycles. The van der Waals surface area contributed by atoms with Gasteiger partial charge in [-0.2, -0.15) is 0 Å². The molecule has 0 radical (unpaired) electrons. The molecule has 4 heteroatoms. The molecule has 0 aliphatic heterocycles. The summed E-state index contributed by atoms with van der Waals surface area (Å²) in [6, 6.07) is 7.11. The maximum atomic E-state index is 10.9. The van der Waals surface area contributed by atoms with Crippen LogP contribution in [0.25, 0.3) is 0 Å². The van der Waals surface area contributed by atoms with Gasteiger partial charge in [-0.3, -0.25) is 0 Å². The number of hydrogen-bond acceptors (Lipinski definition) is 3. The highest BCUT2D eigenvalue weighted by atomic mass is 16.5. The molecule has 0 amide bonds. The summed E-state index contributed by atoms with van der Waals surface area (Å²) in [6.45, 7) is 8.04. The second-order valence-corrected chi connectivity index (χ2v) is 5.64. The third kappa shape index (κ3) is 5.61. The monoisotopic (exact) mass is 279 g/mol. The van der Waals surface area contributed by atoms with E-state index >= 15 is 0 Å². The van der Waals surface area contributed by atoms with Crippen LogP contribution in [0.3, 0.4) is 0 Å². The zero-order valence-corrected chi connectivity index (χ0v) is 12.8. The van der Waals surface area contributed by atoms with E-state index in [1.165, 1.54) is 0 Å². The summed E-state index contributed by atoms with van der Waals surface area (Å²) in [6.07, 6.45) is 1.16. The average Bonchev–Trinajstić information content (AvgIpc) is 2.38. The second-order valence-electron chi connectivity index (χ2n) is 5.64. The summed E-state index contributed by atoms with van der Waals surface area (Å²) in [5.41, 5.74) is 0.254. The molecule has 0 aliphatic rings. The normalized spacial score (nSPS) is 12.7. The lowest BCUT2D eigenvalue weighted by molar-refractivity contribution is 0.0696. The van der Waals surface area contributed by atoms with Crippen molar-refractivity contribution in [3.05, 3.63) is 29.8 Å². The minimum atomic E-state index is -0.932. The van der Waals surface area contributed by atoms with Gasteiger partial charge < -0.3 is 14.7 Å². The van der Waals surface area contributed by atoms with E-state index in [-0.39, 0.29) is 5.56 Å². The fourth-order valence-corrected chi connectivity index (χ4v) is 2.11. The number of carbonyl (C=O) groups is 1. The van der Waals surface area contributed by atoms with E-state index in [1.54, 1.807) is 24.3 Å².